The fourth-order valence-electron chi connectivity index (χ4n) is 2.40. The molecule has 2 amide bonds. The molecule has 1 aromatic rings. The third-order valence-electron chi connectivity index (χ3n) is 3.50. The zero-order valence-corrected chi connectivity index (χ0v) is 12.1. The molecule has 0 bridgehead atoms. The second-order valence-corrected chi connectivity index (χ2v) is 5.62. The van der Waals surface area contributed by atoms with Gasteiger partial charge in [-0.15, -0.1) is 11.3 Å². The SMILES string of the molecule is CCN(CC)C(=O)N1CCc2c(sc(N)c2C#N)C1. The number of nitrogens with two attached hydrogens (primary N) is 1. The topological polar surface area (TPSA) is 73.4 Å². The summed E-state index contributed by atoms with van der Waals surface area (Å²) >= 11 is 1.43. The van der Waals surface area contributed by atoms with Crippen LogP contribution in [0.25, 0.3) is 0 Å². The van der Waals surface area contributed by atoms with Crippen molar-refractivity contribution < 1.29 is 4.79 Å². The van der Waals surface area contributed by atoms with Crippen molar-refractivity contribution in [1.82, 2.24) is 9.80 Å². The number of amides is 2. The fraction of sp³-hybridized carbons (Fsp3) is 0.538. The summed E-state index contributed by atoms with van der Waals surface area (Å²) in [6.45, 7) is 6.62. The van der Waals surface area contributed by atoms with Crippen molar-refractivity contribution in [1.29, 1.82) is 5.26 Å². The Balaban J connectivity index is 2.19. The molecule has 0 unspecified atom stereocenters. The van der Waals surface area contributed by atoms with Gasteiger partial charge in [-0.2, -0.15) is 5.26 Å². The molecule has 0 aliphatic carbocycles. The Morgan fingerprint density at radius 2 is 2.21 bits per heavy atom. The van der Waals surface area contributed by atoms with E-state index in [-0.39, 0.29) is 6.03 Å². The Morgan fingerprint density at radius 3 is 2.79 bits per heavy atom. The van der Waals surface area contributed by atoms with Crippen molar-refractivity contribution in [2.24, 2.45) is 0 Å². The number of carbonyl (C=O) groups excluding carboxylic acids is 1. The number of nitrogens with zero attached hydrogens (tertiary/aromatic N) is 3. The molecule has 2 N–H and O–H groups in total. The van der Waals surface area contributed by atoms with Gasteiger partial charge in [0.2, 0.25) is 0 Å². The minimum Gasteiger partial charge on any atom is -0.389 e. The van der Waals surface area contributed by atoms with Crippen molar-refractivity contribution in [3.05, 3.63) is 16.0 Å². The number of nitriles is 1. The van der Waals surface area contributed by atoms with Crippen LogP contribution in [0.1, 0.15) is 29.9 Å². The Bertz CT molecular complexity index is 527. The van der Waals surface area contributed by atoms with E-state index in [2.05, 4.69) is 6.07 Å². The number of fused-ring (bicyclic) bond motifs is 1. The standard InChI is InChI=1S/C13H18N4OS/c1-3-16(4-2)13(18)17-6-5-9-10(7-14)12(15)19-11(9)8-17/h3-6,8,15H2,1-2H3. The molecule has 1 aliphatic heterocycles. The van der Waals surface area contributed by atoms with Gasteiger partial charge >= 0.3 is 6.03 Å². The third kappa shape index (κ3) is 2.38. The van der Waals surface area contributed by atoms with Gasteiger partial charge in [0.05, 0.1) is 12.1 Å². The van der Waals surface area contributed by atoms with Gasteiger partial charge in [-0.05, 0) is 25.8 Å². The van der Waals surface area contributed by atoms with Crippen LogP contribution in [0.5, 0.6) is 0 Å². The zero-order valence-electron chi connectivity index (χ0n) is 11.3. The van der Waals surface area contributed by atoms with E-state index in [1.165, 1.54) is 11.3 Å². The second kappa shape index (κ2) is 5.49. The highest BCUT2D eigenvalue weighted by molar-refractivity contribution is 7.16. The minimum atomic E-state index is 0.0705. The Morgan fingerprint density at radius 1 is 1.53 bits per heavy atom. The fourth-order valence-corrected chi connectivity index (χ4v) is 3.49. The molecule has 2 rings (SSSR count). The lowest BCUT2D eigenvalue weighted by Gasteiger charge is -2.31. The van der Waals surface area contributed by atoms with Gasteiger partial charge in [0.1, 0.15) is 11.1 Å². The summed E-state index contributed by atoms with van der Waals surface area (Å²) in [5.41, 5.74) is 7.49. The molecular weight excluding hydrogens is 260 g/mol. The van der Waals surface area contributed by atoms with Crippen LogP contribution in [-0.2, 0) is 13.0 Å². The van der Waals surface area contributed by atoms with Crippen LogP contribution in [0.2, 0.25) is 0 Å². The first-order chi connectivity index (χ1) is 9.12. The van der Waals surface area contributed by atoms with E-state index in [4.69, 9.17) is 11.0 Å². The molecule has 19 heavy (non-hydrogen) atoms. The molecule has 5 nitrogen and oxygen atoms in total. The maximum atomic E-state index is 12.3. The maximum absolute atomic E-state index is 12.3. The van der Waals surface area contributed by atoms with Crippen molar-refractivity contribution in [3.8, 4) is 6.07 Å². The molecule has 1 aromatic heterocycles. The van der Waals surface area contributed by atoms with Crippen molar-refractivity contribution >= 4 is 22.4 Å². The largest absolute Gasteiger partial charge is 0.389 e. The van der Waals surface area contributed by atoms with Gasteiger partial charge in [-0.3, -0.25) is 0 Å². The number of nitrogen functional groups attached to an aromatic ring is 1. The van der Waals surface area contributed by atoms with Crippen LogP contribution in [0, 0.1) is 11.3 Å². The van der Waals surface area contributed by atoms with E-state index in [1.54, 1.807) is 0 Å². The van der Waals surface area contributed by atoms with Gasteiger partial charge in [-0.25, -0.2) is 4.79 Å². The Hall–Kier alpha value is -1.74. The summed E-state index contributed by atoms with van der Waals surface area (Å²) in [4.78, 5) is 17.0. The first-order valence-corrected chi connectivity index (χ1v) is 7.27. The molecule has 0 spiro atoms. The average Bonchev–Trinajstić information content (AvgIpc) is 2.74. The monoisotopic (exact) mass is 278 g/mol. The number of hydrogen-bond acceptors (Lipinski definition) is 4. The minimum absolute atomic E-state index is 0.0705. The van der Waals surface area contributed by atoms with Crippen LogP contribution in [0.15, 0.2) is 0 Å². The van der Waals surface area contributed by atoms with Gasteiger partial charge in [0.25, 0.3) is 0 Å². The van der Waals surface area contributed by atoms with Gasteiger partial charge in [0.15, 0.2) is 0 Å². The van der Waals surface area contributed by atoms with E-state index in [1.807, 2.05) is 23.6 Å². The first kappa shape index (κ1) is 13.7. The molecular formula is C13H18N4OS. The Kier molecular flexibility index (Phi) is 3.96. The number of carbonyl (C=O) groups is 1. The number of anilines is 1. The molecule has 2 heterocycles. The van der Waals surface area contributed by atoms with Gasteiger partial charge in [0, 0.05) is 24.5 Å². The molecule has 0 aromatic carbocycles. The number of thiophene rings is 1. The van der Waals surface area contributed by atoms with E-state index in [0.29, 0.717) is 36.7 Å². The normalized spacial score (nSPS) is 13.8. The summed E-state index contributed by atoms with van der Waals surface area (Å²) in [6.07, 6.45) is 0.721. The summed E-state index contributed by atoms with van der Waals surface area (Å²) in [7, 11) is 0. The van der Waals surface area contributed by atoms with E-state index < -0.39 is 0 Å². The van der Waals surface area contributed by atoms with Crippen LogP contribution < -0.4 is 5.73 Å². The highest BCUT2D eigenvalue weighted by Crippen LogP contribution is 2.34. The molecule has 6 heteroatoms. The molecule has 0 fully saturated rings. The summed E-state index contributed by atoms with van der Waals surface area (Å²) in [5, 5.41) is 9.66. The van der Waals surface area contributed by atoms with Crippen molar-refractivity contribution in [3.63, 3.8) is 0 Å². The lowest BCUT2D eigenvalue weighted by Crippen LogP contribution is -2.44. The number of rotatable bonds is 2. The van der Waals surface area contributed by atoms with Crippen molar-refractivity contribution in [2.75, 3.05) is 25.4 Å². The summed E-state index contributed by atoms with van der Waals surface area (Å²) in [5.74, 6) is 0. The van der Waals surface area contributed by atoms with Gasteiger partial charge in [-0.1, -0.05) is 0 Å². The molecule has 102 valence electrons. The van der Waals surface area contributed by atoms with Crippen LogP contribution >= 0.6 is 11.3 Å². The first-order valence-electron chi connectivity index (χ1n) is 6.46. The van der Waals surface area contributed by atoms with Crippen molar-refractivity contribution in [2.45, 2.75) is 26.8 Å². The number of hydrogen-bond donors (Lipinski definition) is 1. The average molecular weight is 278 g/mol. The molecule has 0 radical (unpaired) electrons. The second-order valence-electron chi connectivity index (χ2n) is 4.48. The lowest BCUT2D eigenvalue weighted by molar-refractivity contribution is 0.153. The molecule has 0 saturated carbocycles. The summed E-state index contributed by atoms with van der Waals surface area (Å²) in [6, 6.07) is 2.23. The smallest absolute Gasteiger partial charge is 0.320 e. The molecule has 0 saturated heterocycles. The van der Waals surface area contributed by atoms with Crippen LogP contribution in [-0.4, -0.2) is 35.5 Å². The zero-order chi connectivity index (χ0) is 14.0. The highest BCUT2D eigenvalue weighted by atomic mass is 32.1. The highest BCUT2D eigenvalue weighted by Gasteiger charge is 2.27. The lowest BCUT2D eigenvalue weighted by atomic mass is 10.0. The number of urea groups is 1. The van der Waals surface area contributed by atoms with Crippen LogP contribution in [0.4, 0.5) is 9.80 Å². The maximum Gasteiger partial charge on any atom is 0.320 e. The quantitative estimate of drug-likeness (QED) is 0.899. The van der Waals surface area contributed by atoms with E-state index in [0.717, 1.165) is 16.9 Å². The van der Waals surface area contributed by atoms with Crippen LogP contribution in [0.3, 0.4) is 0 Å². The van der Waals surface area contributed by atoms with E-state index >= 15 is 0 Å². The summed E-state index contributed by atoms with van der Waals surface area (Å²) < 4.78 is 0. The predicted molar refractivity (Wildman–Crippen MR) is 75.9 cm³/mol. The predicted octanol–water partition coefficient (Wildman–Crippen LogP) is 2.02. The third-order valence-corrected chi connectivity index (χ3v) is 4.55. The Labute approximate surface area is 117 Å². The molecule has 1 aliphatic rings. The molecule has 0 atom stereocenters. The van der Waals surface area contributed by atoms with Gasteiger partial charge < -0.3 is 15.5 Å². The van der Waals surface area contributed by atoms with E-state index in [9.17, 15) is 4.79 Å².